The molecular weight excluding hydrogens is 270 g/mol. The predicted octanol–water partition coefficient (Wildman–Crippen LogP) is -0.920. The first-order valence-electron chi connectivity index (χ1n) is 5.89. The van der Waals surface area contributed by atoms with Gasteiger partial charge in [-0.1, -0.05) is 0 Å². The SMILES string of the molecule is CC(C)NC(=O)CN(C)C(=O)NC(CC(=O)O)C(=O)O. The van der Waals surface area contributed by atoms with Gasteiger partial charge < -0.3 is 25.7 Å². The van der Waals surface area contributed by atoms with Gasteiger partial charge in [-0.3, -0.25) is 9.59 Å². The quantitative estimate of drug-likeness (QED) is 0.478. The van der Waals surface area contributed by atoms with Gasteiger partial charge in [-0.25, -0.2) is 9.59 Å². The number of carbonyl (C=O) groups is 4. The van der Waals surface area contributed by atoms with Crippen molar-refractivity contribution < 1.29 is 29.4 Å². The molecular formula is C11H19N3O6. The summed E-state index contributed by atoms with van der Waals surface area (Å²) in [6, 6.07) is -2.47. The maximum Gasteiger partial charge on any atom is 0.326 e. The number of carboxylic acid groups (broad SMARTS) is 2. The zero-order valence-corrected chi connectivity index (χ0v) is 11.5. The summed E-state index contributed by atoms with van der Waals surface area (Å²) in [5, 5.41) is 21.9. The van der Waals surface area contributed by atoms with E-state index >= 15 is 0 Å². The predicted molar refractivity (Wildman–Crippen MR) is 68.1 cm³/mol. The van der Waals surface area contributed by atoms with Crippen LogP contribution in [-0.4, -0.2) is 64.7 Å². The minimum Gasteiger partial charge on any atom is -0.481 e. The Morgan fingerprint density at radius 1 is 1.10 bits per heavy atom. The van der Waals surface area contributed by atoms with Gasteiger partial charge in [-0.15, -0.1) is 0 Å². The van der Waals surface area contributed by atoms with Crippen LogP contribution in [-0.2, 0) is 14.4 Å². The van der Waals surface area contributed by atoms with E-state index in [1.807, 2.05) is 5.32 Å². The Bertz CT molecular complexity index is 396. The Hall–Kier alpha value is -2.32. The molecule has 3 amide bonds. The van der Waals surface area contributed by atoms with E-state index < -0.39 is 36.3 Å². The third-order valence-electron chi connectivity index (χ3n) is 2.15. The van der Waals surface area contributed by atoms with Crippen LogP contribution < -0.4 is 10.6 Å². The molecule has 0 radical (unpaired) electrons. The molecule has 0 rings (SSSR count). The second kappa shape index (κ2) is 7.97. The summed E-state index contributed by atoms with van der Waals surface area (Å²) in [5.74, 6) is -3.21. The van der Waals surface area contributed by atoms with Crippen molar-refractivity contribution in [2.24, 2.45) is 0 Å². The van der Waals surface area contributed by atoms with E-state index in [0.717, 1.165) is 4.90 Å². The molecule has 0 fully saturated rings. The highest BCUT2D eigenvalue weighted by Crippen LogP contribution is 1.95. The number of hydrogen-bond donors (Lipinski definition) is 4. The van der Waals surface area contributed by atoms with Gasteiger partial charge in [0.2, 0.25) is 5.91 Å². The fourth-order valence-electron chi connectivity index (χ4n) is 1.29. The van der Waals surface area contributed by atoms with Crippen LogP contribution in [0.4, 0.5) is 4.79 Å². The van der Waals surface area contributed by atoms with Crippen LogP contribution in [0.1, 0.15) is 20.3 Å². The van der Waals surface area contributed by atoms with Gasteiger partial charge in [0.25, 0.3) is 0 Å². The normalized spacial score (nSPS) is 11.6. The van der Waals surface area contributed by atoms with Gasteiger partial charge in [0.1, 0.15) is 12.6 Å². The van der Waals surface area contributed by atoms with Gasteiger partial charge in [-0.05, 0) is 13.8 Å². The van der Waals surface area contributed by atoms with E-state index in [9.17, 15) is 19.2 Å². The lowest BCUT2D eigenvalue weighted by Gasteiger charge is -2.20. The highest BCUT2D eigenvalue weighted by atomic mass is 16.4. The Morgan fingerprint density at radius 2 is 1.65 bits per heavy atom. The second-order valence-corrected chi connectivity index (χ2v) is 4.52. The summed E-state index contributed by atoms with van der Waals surface area (Å²) in [7, 11) is 1.30. The largest absolute Gasteiger partial charge is 0.481 e. The number of rotatable bonds is 7. The van der Waals surface area contributed by atoms with Crippen molar-refractivity contribution in [1.82, 2.24) is 15.5 Å². The second-order valence-electron chi connectivity index (χ2n) is 4.52. The molecule has 1 unspecified atom stereocenters. The monoisotopic (exact) mass is 289 g/mol. The van der Waals surface area contributed by atoms with Crippen LogP contribution in [0.2, 0.25) is 0 Å². The van der Waals surface area contributed by atoms with E-state index in [0.29, 0.717) is 0 Å². The summed E-state index contributed by atoms with van der Waals surface area (Å²) in [6.07, 6.45) is -0.743. The zero-order chi connectivity index (χ0) is 15.9. The number of carbonyl (C=O) groups excluding carboxylic acids is 2. The van der Waals surface area contributed by atoms with Gasteiger partial charge in [0.15, 0.2) is 0 Å². The average Bonchev–Trinajstić information content (AvgIpc) is 2.25. The summed E-state index contributed by atoms with van der Waals surface area (Å²) in [6.45, 7) is 3.25. The van der Waals surface area contributed by atoms with Gasteiger partial charge in [0, 0.05) is 13.1 Å². The average molecular weight is 289 g/mol. The Balaban J connectivity index is 4.45. The van der Waals surface area contributed by atoms with Crippen LogP contribution >= 0.6 is 0 Å². The molecule has 0 saturated carbocycles. The third-order valence-corrected chi connectivity index (χ3v) is 2.15. The molecule has 0 heterocycles. The van der Waals surface area contributed by atoms with Crippen LogP contribution in [0.25, 0.3) is 0 Å². The fraction of sp³-hybridized carbons (Fsp3) is 0.636. The molecule has 0 aromatic carbocycles. The van der Waals surface area contributed by atoms with Crippen molar-refractivity contribution in [3.05, 3.63) is 0 Å². The number of likely N-dealkylation sites (N-methyl/N-ethyl adjacent to an activating group) is 1. The molecule has 0 saturated heterocycles. The highest BCUT2D eigenvalue weighted by molar-refractivity contribution is 5.88. The summed E-state index contributed by atoms with van der Waals surface area (Å²) < 4.78 is 0. The Morgan fingerprint density at radius 3 is 2.05 bits per heavy atom. The molecule has 4 N–H and O–H groups in total. The van der Waals surface area contributed by atoms with Crippen molar-refractivity contribution in [2.45, 2.75) is 32.4 Å². The number of aliphatic carboxylic acids is 2. The van der Waals surface area contributed by atoms with Crippen molar-refractivity contribution in [3.63, 3.8) is 0 Å². The molecule has 0 aromatic heterocycles. The Kier molecular flexibility index (Phi) is 7.05. The first-order valence-corrected chi connectivity index (χ1v) is 5.89. The maximum absolute atomic E-state index is 11.6. The molecule has 0 bridgehead atoms. The molecule has 1 atom stereocenters. The fourth-order valence-corrected chi connectivity index (χ4v) is 1.29. The molecule has 114 valence electrons. The first kappa shape index (κ1) is 17.7. The van der Waals surface area contributed by atoms with E-state index in [2.05, 4.69) is 5.32 Å². The van der Waals surface area contributed by atoms with E-state index in [1.165, 1.54) is 7.05 Å². The van der Waals surface area contributed by atoms with Crippen molar-refractivity contribution in [3.8, 4) is 0 Å². The number of nitrogens with one attached hydrogen (secondary N) is 2. The molecule has 0 aliphatic carbocycles. The van der Waals surface area contributed by atoms with Crippen LogP contribution in [0.5, 0.6) is 0 Å². The Labute approximate surface area is 115 Å². The first-order chi connectivity index (χ1) is 9.13. The van der Waals surface area contributed by atoms with E-state index in [-0.39, 0.29) is 12.6 Å². The van der Waals surface area contributed by atoms with Crippen molar-refractivity contribution >= 4 is 23.9 Å². The van der Waals surface area contributed by atoms with Crippen LogP contribution in [0, 0.1) is 0 Å². The van der Waals surface area contributed by atoms with Crippen LogP contribution in [0.15, 0.2) is 0 Å². The molecule has 0 aliphatic rings. The van der Waals surface area contributed by atoms with Gasteiger partial charge >= 0.3 is 18.0 Å². The topological polar surface area (TPSA) is 136 Å². The maximum atomic E-state index is 11.6. The lowest BCUT2D eigenvalue weighted by Crippen LogP contribution is -2.50. The standard InChI is InChI=1S/C11H19N3O6/c1-6(2)12-8(15)5-14(3)11(20)13-7(10(18)19)4-9(16)17/h6-7H,4-5H2,1-3H3,(H,12,15)(H,13,20)(H,16,17)(H,18,19). The summed E-state index contributed by atoms with van der Waals surface area (Å²) >= 11 is 0. The zero-order valence-electron chi connectivity index (χ0n) is 11.5. The van der Waals surface area contributed by atoms with Gasteiger partial charge in [-0.2, -0.15) is 0 Å². The highest BCUT2D eigenvalue weighted by Gasteiger charge is 2.25. The van der Waals surface area contributed by atoms with Gasteiger partial charge in [0.05, 0.1) is 6.42 Å². The number of amides is 3. The van der Waals surface area contributed by atoms with Crippen molar-refractivity contribution in [2.75, 3.05) is 13.6 Å². The van der Waals surface area contributed by atoms with Crippen LogP contribution in [0.3, 0.4) is 0 Å². The molecule has 0 aromatic rings. The molecule has 0 aliphatic heterocycles. The molecule has 9 heteroatoms. The summed E-state index contributed by atoms with van der Waals surface area (Å²) in [4.78, 5) is 45.3. The minimum absolute atomic E-state index is 0.0854. The number of carboxylic acids is 2. The van der Waals surface area contributed by atoms with E-state index in [1.54, 1.807) is 13.8 Å². The minimum atomic E-state index is -1.55. The number of nitrogens with zero attached hydrogens (tertiary/aromatic N) is 1. The molecule has 20 heavy (non-hydrogen) atoms. The lowest BCUT2D eigenvalue weighted by molar-refractivity contribution is -0.145. The number of urea groups is 1. The molecule has 9 nitrogen and oxygen atoms in total. The van der Waals surface area contributed by atoms with Crippen molar-refractivity contribution in [1.29, 1.82) is 0 Å². The third kappa shape index (κ3) is 7.19. The lowest BCUT2D eigenvalue weighted by atomic mass is 10.2. The number of hydrogen-bond acceptors (Lipinski definition) is 4. The summed E-state index contributed by atoms with van der Waals surface area (Å²) in [5.41, 5.74) is 0. The smallest absolute Gasteiger partial charge is 0.326 e. The molecule has 0 spiro atoms. The van der Waals surface area contributed by atoms with E-state index in [4.69, 9.17) is 10.2 Å².